The van der Waals surface area contributed by atoms with Crippen LogP contribution in [0.5, 0.6) is 0 Å². The second kappa shape index (κ2) is 33.9. The van der Waals surface area contributed by atoms with Gasteiger partial charge in [-0.25, -0.2) is 0 Å². The van der Waals surface area contributed by atoms with Crippen molar-refractivity contribution in [2.24, 2.45) is 0 Å². The molecule has 0 saturated heterocycles. The Hall–Kier alpha value is 1.69. The predicted octanol–water partition coefficient (Wildman–Crippen LogP) is 4.46. The summed E-state index contributed by atoms with van der Waals surface area (Å²) in [6.07, 6.45) is 6.38. The largest absolute Gasteiger partial charge is 2.00 e. The summed E-state index contributed by atoms with van der Waals surface area (Å²) in [5.74, 6) is 1.45. The van der Waals surface area contributed by atoms with E-state index in [2.05, 4.69) is 27.7 Å². The summed E-state index contributed by atoms with van der Waals surface area (Å²) in [7, 11) is 5.07. The SMILES string of the molecule is CO[Si](CCC[S-])(OC)OC.CO[Si](CCC[S-])(OC)OC.[CH2]CCC.[CH2]CCC.[Sn+2]. The molecule has 0 fully saturated rings. The van der Waals surface area contributed by atoms with Crippen molar-refractivity contribution in [3.8, 4) is 0 Å². The minimum Gasteiger partial charge on any atom is -0.793 e. The maximum absolute atomic E-state index is 5.19. The third-order valence-corrected chi connectivity index (χ3v) is 10.1. The summed E-state index contributed by atoms with van der Waals surface area (Å²) in [4.78, 5) is 0. The van der Waals surface area contributed by atoms with Crippen molar-refractivity contribution in [1.82, 2.24) is 0 Å². The molecule has 0 aromatic carbocycles. The summed E-state index contributed by atoms with van der Waals surface area (Å²) >= 11 is 9.64. The van der Waals surface area contributed by atoms with E-state index >= 15 is 0 Å². The second-order valence-corrected chi connectivity index (χ2v) is 12.9. The molecular weight excluding hydrogens is 575 g/mol. The van der Waals surface area contributed by atoms with E-state index < -0.39 is 17.6 Å². The fraction of sp³-hybridized carbons (Fsp3) is 0.900. The summed E-state index contributed by atoms with van der Waals surface area (Å²) < 4.78 is 31.1. The van der Waals surface area contributed by atoms with Crippen molar-refractivity contribution in [2.75, 3.05) is 54.2 Å². The van der Waals surface area contributed by atoms with E-state index in [1.165, 1.54) is 12.8 Å². The van der Waals surface area contributed by atoms with E-state index in [0.29, 0.717) is 0 Å². The average molecular weight is 624 g/mol. The summed E-state index contributed by atoms with van der Waals surface area (Å²) in [5, 5.41) is 0. The van der Waals surface area contributed by atoms with Crippen LogP contribution in [0.3, 0.4) is 0 Å². The quantitative estimate of drug-likeness (QED) is 0.208. The van der Waals surface area contributed by atoms with Gasteiger partial charge in [0.15, 0.2) is 0 Å². The first-order chi connectivity index (χ1) is 14.3. The van der Waals surface area contributed by atoms with Gasteiger partial charge >= 0.3 is 41.5 Å². The Labute approximate surface area is 224 Å². The van der Waals surface area contributed by atoms with Crippen LogP contribution in [0.2, 0.25) is 12.1 Å². The molecule has 4 radical (unpaired) electrons. The first-order valence-electron chi connectivity index (χ1n) is 10.4. The van der Waals surface area contributed by atoms with Gasteiger partial charge in [0.05, 0.1) is 0 Å². The van der Waals surface area contributed by atoms with Crippen molar-refractivity contribution >= 4 is 66.8 Å². The van der Waals surface area contributed by atoms with Gasteiger partial charge in [0, 0.05) is 54.7 Å². The van der Waals surface area contributed by atoms with Crippen LogP contribution in [0.1, 0.15) is 52.4 Å². The zero-order chi connectivity index (χ0) is 24.3. The number of rotatable bonds is 14. The third kappa shape index (κ3) is 27.8. The third-order valence-electron chi connectivity index (χ3n) is 3.83. The summed E-state index contributed by atoms with van der Waals surface area (Å²) in [6.45, 7) is 11.4. The fourth-order valence-corrected chi connectivity index (χ4v) is 5.94. The van der Waals surface area contributed by atoms with Gasteiger partial charge in [-0.1, -0.05) is 66.2 Å². The van der Waals surface area contributed by atoms with Crippen molar-refractivity contribution in [2.45, 2.75) is 64.5 Å². The monoisotopic (exact) mass is 624 g/mol. The molecule has 0 saturated carbocycles. The average Bonchev–Trinajstić information content (AvgIpc) is 2.82. The summed E-state index contributed by atoms with van der Waals surface area (Å²) in [5.41, 5.74) is 0. The van der Waals surface area contributed by atoms with Crippen molar-refractivity contribution in [3.05, 3.63) is 13.8 Å². The first kappa shape index (κ1) is 42.8. The Morgan fingerprint density at radius 3 is 0.871 bits per heavy atom. The summed E-state index contributed by atoms with van der Waals surface area (Å²) in [6, 6.07) is 1.61. The van der Waals surface area contributed by atoms with Crippen LogP contribution in [0.15, 0.2) is 0 Å². The van der Waals surface area contributed by atoms with Gasteiger partial charge in [-0.3, -0.25) is 0 Å². The topological polar surface area (TPSA) is 55.4 Å². The molecule has 0 heterocycles. The van der Waals surface area contributed by atoms with Gasteiger partial charge in [-0.15, -0.1) is 0 Å². The molecule has 31 heavy (non-hydrogen) atoms. The van der Waals surface area contributed by atoms with E-state index in [4.69, 9.17) is 51.8 Å². The van der Waals surface area contributed by atoms with Crippen LogP contribution in [-0.4, -0.2) is 95.7 Å². The molecule has 188 valence electrons. The van der Waals surface area contributed by atoms with Crippen molar-refractivity contribution in [3.63, 3.8) is 0 Å². The molecule has 0 aliphatic heterocycles. The molecule has 0 N–H and O–H groups in total. The molecule has 0 amide bonds. The normalized spacial score (nSPS) is 10.5. The van der Waals surface area contributed by atoms with Gasteiger partial charge in [-0.05, 0) is 0 Å². The van der Waals surface area contributed by atoms with Gasteiger partial charge in [0.25, 0.3) is 0 Å². The van der Waals surface area contributed by atoms with Crippen molar-refractivity contribution < 1.29 is 26.6 Å². The van der Waals surface area contributed by atoms with Crippen LogP contribution in [-0.2, 0) is 51.8 Å². The molecule has 0 spiro atoms. The van der Waals surface area contributed by atoms with Crippen LogP contribution in [0.25, 0.3) is 0 Å². The van der Waals surface area contributed by atoms with E-state index in [9.17, 15) is 0 Å². The molecule has 11 heteroatoms. The smallest absolute Gasteiger partial charge is 0.793 e. The van der Waals surface area contributed by atoms with Crippen LogP contribution < -0.4 is 0 Å². The Balaban J connectivity index is -0.000000106. The minimum atomic E-state index is -2.31. The minimum absolute atomic E-state index is 0. The van der Waals surface area contributed by atoms with Gasteiger partial charge in [-0.2, -0.15) is 11.5 Å². The van der Waals surface area contributed by atoms with Gasteiger partial charge in [0.2, 0.25) is 0 Å². The van der Waals surface area contributed by atoms with E-state index in [0.717, 1.165) is 49.3 Å². The molecule has 0 rings (SSSR count). The number of hydrogen-bond acceptors (Lipinski definition) is 8. The molecule has 0 aromatic rings. The zero-order valence-corrected chi connectivity index (χ0v) is 27.7. The fourth-order valence-electron chi connectivity index (χ4n) is 1.69. The first-order valence-corrected chi connectivity index (χ1v) is 15.4. The Morgan fingerprint density at radius 1 is 0.581 bits per heavy atom. The van der Waals surface area contributed by atoms with E-state index in [1.54, 1.807) is 42.7 Å². The Kier molecular flexibility index (Phi) is 46.8. The molecule has 0 atom stereocenters. The van der Waals surface area contributed by atoms with Crippen LogP contribution in [0, 0.1) is 13.8 Å². The van der Waals surface area contributed by atoms with Crippen molar-refractivity contribution in [1.29, 1.82) is 0 Å². The predicted molar refractivity (Wildman–Crippen MR) is 143 cm³/mol. The molecule has 0 unspecified atom stereocenters. The molecule has 0 aliphatic rings. The van der Waals surface area contributed by atoms with Gasteiger partial charge in [0.1, 0.15) is 0 Å². The van der Waals surface area contributed by atoms with Crippen LogP contribution in [0.4, 0.5) is 0 Å². The van der Waals surface area contributed by atoms with E-state index in [1.807, 2.05) is 0 Å². The molecule has 0 aliphatic carbocycles. The zero-order valence-electron chi connectivity index (χ0n) is 21.3. The maximum atomic E-state index is 5.19. The Morgan fingerprint density at radius 2 is 0.774 bits per heavy atom. The Bertz CT molecular complexity index is 256. The second-order valence-electron chi connectivity index (χ2n) is 5.91. The van der Waals surface area contributed by atoms with E-state index in [-0.39, 0.29) is 23.9 Å². The number of hydrogen-bond donors (Lipinski definition) is 0. The molecule has 6 nitrogen and oxygen atoms in total. The molecule has 0 aromatic heterocycles. The van der Waals surface area contributed by atoms with Crippen LogP contribution >= 0.6 is 0 Å². The molecule has 0 bridgehead atoms. The maximum Gasteiger partial charge on any atom is 2.00 e. The molecular formula is C20H48O6S2Si2Sn. The van der Waals surface area contributed by atoms with Gasteiger partial charge < -0.3 is 51.8 Å². The standard InChI is InChI=1S/2C6H16O3SSi.2C4H9.Sn/c2*1-7-11(8-2,9-3)6-4-5-10;2*1-3-4-2;/h2*10H,4-6H2,1-3H3;2*1,3-4H2,2H3;/q;;;;+2/p-2. The number of unbranched alkanes of at least 4 members (excludes halogenated alkanes) is 2.